The first-order valence-electron chi connectivity index (χ1n) is 11.8. The molecule has 1 N–H and O–H groups in total. The van der Waals surface area contributed by atoms with Crippen molar-refractivity contribution >= 4 is 50.7 Å². The first kappa shape index (κ1) is 29.4. The molecule has 11 heteroatoms. The maximum absolute atomic E-state index is 13.8. The number of aryl methyl sites for hydroxylation is 1. The van der Waals surface area contributed by atoms with Gasteiger partial charge in [-0.05, 0) is 67.4 Å². The van der Waals surface area contributed by atoms with E-state index in [1.807, 2.05) is 6.92 Å². The maximum atomic E-state index is 13.8. The first-order valence-corrected chi connectivity index (χ1v) is 14.0. The number of sulfonamides is 1. The second-order valence-electron chi connectivity index (χ2n) is 8.61. The van der Waals surface area contributed by atoms with E-state index in [9.17, 15) is 22.4 Å². The van der Waals surface area contributed by atoms with Gasteiger partial charge in [0, 0.05) is 13.6 Å². The molecule has 0 heterocycles. The molecular formula is C27H28Cl2FN3O4S. The van der Waals surface area contributed by atoms with Crippen molar-refractivity contribution in [3.8, 4) is 0 Å². The zero-order valence-corrected chi connectivity index (χ0v) is 23.4. The van der Waals surface area contributed by atoms with Crippen LogP contribution in [0.1, 0.15) is 24.5 Å². The summed E-state index contributed by atoms with van der Waals surface area (Å²) in [6, 6.07) is 15.0. The minimum absolute atomic E-state index is 0.0139. The molecule has 0 aliphatic carbocycles. The molecule has 0 aliphatic rings. The van der Waals surface area contributed by atoms with E-state index in [4.69, 9.17) is 23.2 Å². The van der Waals surface area contributed by atoms with Crippen molar-refractivity contribution in [2.45, 2.75) is 37.8 Å². The number of carbonyl (C=O) groups excluding carboxylic acids is 2. The normalized spacial score (nSPS) is 12.1. The van der Waals surface area contributed by atoms with E-state index in [1.54, 1.807) is 49.4 Å². The molecule has 0 fully saturated rings. The van der Waals surface area contributed by atoms with Crippen molar-refractivity contribution in [3.63, 3.8) is 0 Å². The van der Waals surface area contributed by atoms with Crippen LogP contribution in [-0.4, -0.2) is 44.8 Å². The van der Waals surface area contributed by atoms with E-state index >= 15 is 0 Å². The Morgan fingerprint density at radius 3 is 2.16 bits per heavy atom. The quantitative estimate of drug-likeness (QED) is 0.358. The van der Waals surface area contributed by atoms with Crippen LogP contribution in [0.2, 0.25) is 10.0 Å². The van der Waals surface area contributed by atoms with E-state index < -0.39 is 40.2 Å². The highest BCUT2D eigenvalue weighted by Crippen LogP contribution is 2.27. The van der Waals surface area contributed by atoms with Crippen molar-refractivity contribution < 1.29 is 22.4 Å². The molecule has 3 rings (SSSR count). The molecule has 2 amide bonds. The van der Waals surface area contributed by atoms with Crippen LogP contribution in [0.3, 0.4) is 0 Å². The number of anilines is 1. The molecule has 38 heavy (non-hydrogen) atoms. The number of benzene rings is 3. The van der Waals surface area contributed by atoms with Gasteiger partial charge in [-0.3, -0.25) is 13.9 Å². The van der Waals surface area contributed by atoms with E-state index in [-0.39, 0.29) is 28.6 Å². The van der Waals surface area contributed by atoms with Crippen LogP contribution < -0.4 is 9.62 Å². The number of nitrogens with one attached hydrogen (secondary N) is 1. The number of likely N-dealkylation sites (N-methyl/N-ethyl adjacent to an activating group) is 1. The standard InChI is InChI=1S/C27H28Cl2FN3O4S/c1-4-25(27(35)31-3)32(16-19-7-14-23(28)24(29)15-19)26(34)17-33(21-10-5-18(2)6-11-21)38(36,37)22-12-8-20(30)9-13-22/h5-15,25H,4,16-17H2,1-3H3,(H,31,35)/t25-/m1/s1. The van der Waals surface area contributed by atoms with E-state index in [1.165, 1.54) is 11.9 Å². The summed E-state index contributed by atoms with van der Waals surface area (Å²) >= 11 is 12.2. The SMILES string of the molecule is CC[C@H](C(=O)NC)N(Cc1ccc(Cl)c(Cl)c1)C(=O)CN(c1ccc(C)cc1)S(=O)(=O)c1ccc(F)cc1. The molecule has 1 atom stereocenters. The highest BCUT2D eigenvalue weighted by Gasteiger charge is 2.33. The summed E-state index contributed by atoms with van der Waals surface area (Å²) in [5.74, 6) is -1.60. The molecule has 0 unspecified atom stereocenters. The molecule has 0 aromatic heterocycles. The summed E-state index contributed by atoms with van der Waals surface area (Å²) < 4.78 is 41.8. The number of rotatable bonds is 10. The largest absolute Gasteiger partial charge is 0.357 e. The maximum Gasteiger partial charge on any atom is 0.264 e. The van der Waals surface area contributed by atoms with Crippen LogP contribution in [0, 0.1) is 12.7 Å². The Balaban J connectivity index is 2.06. The average Bonchev–Trinajstić information content (AvgIpc) is 2.89. The summed E-state index contributed by atoms with van der Waals surface area (Å²) in [7, 11) is -2.81. The number of hydrogen-bond acceptors (Lipinski definition) is 4. The third kappa shape index (κ3) is 6.83. The Labute approximate surface area is 232 Å². The Morgan fingerprint density at radius 2 is 1.61 bits per heavy atom. The number of nitrogens with zero attached hydrogens (tertiary/aromatic N) is 2. The zero-order valence-electron chi connectivity index (χ0n) is 21.1. The summed E-state index contributed by atoms with van der Waals surface area (Å²) in [4.78, 5) is 27.7. The highest BCUT2D eigenvalue weighted by atomic mass is 35.5. The summed E-state index contributed by atoms with van der Waals surface area (Å²) in [6.45, 7) is 2.99. The van der Waals surface area contributed by atoms with Crippen LogP contribution in [0.15, 0.2) is 71.6 Å². The minimum Gasteiger partial charge on any atom is -0.357 e. The van der Waals surface area contributed by atoms with Crippen LogP contribution in [0.25, 0.3) is 0 Å². The van der Waals surface area contributed by atoms with Gasteiger partial charge in [0.05, 0.1) is 20.6 Å². The summed E-state index contributed by atoms with van der Waals surface area (Å²) in [6.07, 6.45) is 0.280. The van der Waals surface area contributed by atoms with E-state index in [2.05, 4.69) is 5.32 Å². The fourth-order valence-corrected chi connectivity index (χ4v) is 5.63. The molecule has 3 aromatic carbocycles. The molecule has 7 nitrogen and oxygen atoms in total. The zero-order chi connectivity index (χ0) is 28.0. The first-order chi connectivity index (χ1) is 18.0. The van der Waals surface area contributed by atoms with Gasteiger partial charge in [-0.2, -0.15) is 0 Å². The van der Waals surface area contributed by atoms with Gasteiger partial charge >= 0.3 is 0 Å². The summed E-state index contributed by atoms with van der Waals surface area (Å²) in [5.41, 5.74) is 1.75. The Bertz CT molecular complexity index is 1400. The molecular weight excluding hydrogens is 552 g/mol. The van der Waals surface area contributed by atoms with Crippen molar-refractivity contribution in [2.24, 2.45) is 0 Å². The molecule has 0 saturated heterocycles. The Morgan fingerprint density at radius 1 is 0.974 bits per heavy atom. The minimum atomic E-state index is -4.28. The number of halogens is 3. The van der Waals surface area contributed by atoms with Crippen LogP contribution in [-0.2, 0) is 26.2 Å². The fraction of sp³-hybridized carbons (Fsp3) is 0.259. The summed E-state index contributed by atoms with van der Waals surface area (Å²) in [5, 5.41) is 3.18. The van der Waals surface area contributed by atoms with Crippen LogP contribution >= 0.6 is 23.2 Å². The smallest absolute Gasteiger partial charge is 0.264 e. The lowest BCUT2D eigenvalue weighted by molar-refractivity contribution is -0.140. The van der Waals surface area contributed by atoms with Crippen LogP contribution in [0.5, 0.6) is 0 Å². The number of carbonyl (C=O) groups is 2. The van der Waals surface area contributed by atoms with Gasteiger partial charge in [0.15, 0.2) is 0 Å². The average molecular weight is 581 g/mol. The van der Waals surface area contributed by atoms with Crippen LogP contribution in [0.4, 0.5) is 10.1 Å². The predicted molar refractivity (Wildman–Crippen MR) is 147 cm³/mol. The molecule has 0 radical (unpaired) electrons. The third-order valence-corrected chi connectivity index (χ3v) is 8.50. The second-order valence-corrected chi connectivity index (χ2v) is 11.3. The van der Waals surface area contributed by atoms with Crippen molar-refractivity contribution in [1.29, 1.82) is 0 Å². The van der Waals surface area contributed by atoms with Crippen molar-refractivity contribution in [2.75, 3.05) is 17.9 Å². The van der Waals surface area contributed by atoms with Gasteiger partial charge in [-0.25, -0.2) is 12.8 Å². The van der Waals surface area contributed by atoms with Crippen molar-refractivity contribution in [3.05, 3.63) is 93.7 Å². The monoisotopic (exact) mass is 579 g/mol. The van der Waals surface area contributed by atoms with Gasteiger partial charge in [0.25, 0.3) is 10.0 Å². The number of hydrogen-bond donors (Lipinski definition) is 1. The molecule has 3 aromatic rings. The lowest BCUT2D eigenvalue weighted by Crippen LogP contribution is -2.51. The third-order valence-electron chi connectivity index (χ3n) is 5.97. The Hall–Kier alpha value is -3.14. The van der Waals surface area contributed by atoms with Gasteiger partial charge in [0.2, 0.25) is 11.8 Å². The van der Waals surface area contributed by atoms with E-state index in [0.29, 0.717) is 10.6 Å². The van der Waals surface area contributed by atoms with Gasteiger partial charge in [-0.1, -0.05) is 53.9 Å². The molecule has 202 valence electrons. The van der Waals surface area contributed by atoms with E-state index in [0.717, 1.165) is 34.1 Å². The van der Waals surface area contributed by atoms with Gasteiger partial charge in [0.1, 0.15) is 18.4 Å². The van der Waals surface area contributed by atoms with Gasteiger partial charge in [-0.15, -0.1) is 0 Å². The molecule has 0 bridgehead atoms. The van der Waals surface area contributed by atoms with Crippen molar-refractivity contribution in [1.82, 2.24) is 10.2 Å². The lowest BCUT2D eigenvalue weighted by atomic mass is 10.1. The highest BCUT2D eigenvalue weighted by molar-refractivity contribution is 7.92. The predicted octanol–water partition coefficient (Wildman–Crippen LogP) is 5.19. The molecule has 0 aliphatic heterocycles. The second kappa shape index (κ2) is 12.6. The Kier molecular flexibility index (Phi) is 9.76. The lowest BCUT2D eigenvalue weighted by Gasteiger charge is -2.33. The molecule has 0 spiro atoms. The molecule has 0 saturated carbocycles. The van der Waals surface area contributed by atoms with Gasteiger partial charge < -0.3 is 10.2 Å². The fourth-order valence-electron chi connectivity index (χ4n) is 3.89. The topological polar surface area (TPSA) is 86.8 Å². The number of amides is 2.